The molecule has 0 unspecified atom stereocenters. The maximum Gasteiger partial charge on any atom is 0.416 e. The number of piperazine rings is 1. The van der Waals surface area contributed by atoms with Gasteiger partial charge in [0.25, 0.3) is 0 Å². The van der Waals surface area contributed by atoms with Crippen LogP contribution in [0.5, 0.6) is 5.75 Å². The number of aromatic nitrogens is 2. The minimum atomic E-state index is -4.36. The minimum Gasteiger partial charge on any atom is -0.495 e. The Hall–Kier alpha value is -3.60. The molecule has 1 fully saturated rings. The average molecular weight is 475 g/mol. The van der Waals surface area contributed by atoms with Crippen molar-refractivity contribution in [3.63, 3.8) is 0 Å². The Morgan fingerprint density at radius 1 is 1.12 bits per heavy atom. The van der Waals surface area contributed by atoms with Crippen molar-refractivity contribution in [2.24, 2.45) is 0 Å². The fourth-order valence-corrected chi connectivity index (χ4v) is 3.75. The first kappa shape index (κ1) is 23.6. The lowest BCUT2D eigenvalue weighted by Gasteiger charge is -2.35. The van der Waals surface area contributed by atoms with Gasteiger partial charge in [0, 0.05) is 31.9 Å². The number of alkyl halides is 3. The third kappa shape index (κ3) is 5.84. The lowest BCUT2D eigenvalue weighted by atomic mass is 10.1. The highest BCUT2D eigenvalue weighted by Crippen LogP contribution is 2.32. The number of rotatable bonds is 7. The first-order chi connectivity index (χ1) is 16.3. The quantitative estimate of drug-likeness (QED) is 0.559. The summed E-state index contributed by atoms with van der Waals surface area (Å²) in [6.45, 7) is 2.80. The highest BCUT2D eigenvalue weighted by Gasteiger charge is 2.31. The lowest BCUT2D eigenvalue weighted by molar-refractivity contribution is -0.137. The number of methoxy groups -OCH3 is 1. The Morgan fingerprint density at radius 3 is 2.62 bits per heavy atom. The Kier molecular flexibility index (Phi) is 7.01. The van der Waals surface area contributed by atoms with Crippen molar-refractivity contribution in [2.45, 2.75) is 19.1 Å². The fraction of sp³-hybridized carbons (Fsp3) is 0.348. The van der Waals surface area contributed by atoms with Crippen LogP contribution in [0.25, 0.3) is 0 Å². The Bertz CT molecular complexity index is 1130. The first-order valence-electron chi connectivity index (χ1n) is 10.7. The van der Waals surface area contributed by atoms with Crippen molar-refractivity contribution in [1.82, 2.24) is 15.0 Å². The zero-order valence-electron chi connectivity index (χ0n) is 18.5. The van der Waals surface area contributed by atoms with Crippen molar-refractivity contribution >= 4 is 17.3 Å². The lowest BCUT2D eigenvalue weighted by Crippen LogP contribution is -2.46. The molecule has 0 radical (unpaired) electrons. The number of para-hydroxylation sites is 2. The molecule has 4 rings (SSSR count). The number of hydrogen-bond donors (Lipinski definition) is 1. The molecule has 1 aromatic heterocycles. The highest BCUT2D eigenvalue weighted by molar-refractivity contribution is 5.93. The van der Waals surface area contributed by atoms with E-state index < -0.39 is 11.7 Å². The van der Waals surface area contributed by atoms with E-state index in [1.165, 1.54) is 19.2 Å². The van der Waals surface area contributed by atoms with Crippen LogP contribution in [-0.2, 0) is 23.9 Å². The number of nitrogens with one attached hydrogen (secondary N) is 1. The molecular weight excluding hydrogens is 451 g/mol. The zero-order chi connectivity index (χ0) is 24.1. The van der Waals surface area contributed by atoms with Crippen molar-refractivity contribution < 1.29 is 27.2 Å². The van der Waals surface area contributed by atoms with Crippen LogP contribution in [0.15, 0.2) is 53.1 Å². The summed E-state index contributed by atoms with van der Waals surface area (Å²) < 4.78 is 49.4. The second-order valence-corrected chi connectivity index (χ2v) is 7.84. The van der Waals surface area contributed by atoms with Gasteiger partial charge in [0.15, 0.2) is 5.82 Å². The summed E-state index contributed by atoms with van der Waals surface area (Å²) in [6, 6.07) is 12.4. The predicted octanol–water partition coefficient (Wildman–Crippen LogP) is 3.60. The summed E-state index contributed by atoms with van der Waals surface area (Å²) >= 11 is 0. The second kappa shape index (κ2) is 10.1. The molecule has 2 heterocycles. The van der Waals surface area contributed by atoms with E-state index in [0.717, 1.165) is 6.07 Å². The molecule has 3 aromatic rings. The smallest absolute Gasteiger partial charge is 0.416 e. The molecule has 1 N–H and O–H groups in total. The van der Waals surface area contributed by atoms with E-state index in [-0.39, 0.29) is 18.2 Å². The van der Waals surface area contributed by atoms with Gasteiger partial charge in [0.2, 0.25) is 11.8 Å². The molecule has 2 aromatic carbocycles. The maximum atomic E-state index is 13.0. The van der Waals surface area contributed by atoms with Crippen molar-refractivity contribution in [3.8, 4) is 5.75 Å². The van der Waals surface area contributed by atoms with Crippen LogP contribution in [0.2, 0.25) is 0 Å². The topological polar surface area (TPSA) is 83.7 Å². The maximum absolute atomic E-state index is 13.0. The van der Waals surface area contributed by atoms with Gasteiger partial charge in [0.05, 0.1) is 31.3 Å². The molecule has 180 valence electrons. The highest BCUT2D eigenvalue weighted by atomic mass is 19.4. The predicted molar refractivity (Wildman–Crippen MR) is 119 cm³/mol. The molecule has 1 aliphatic heterocycles. The minimum absolute atomic E-state index is 0.0507. The normalized spacial score (nSPS) is 14.8. The Morgan fingerprint density at radius 2 is 1.88 bits per heavy atom. The van der Waals surface area contributed by atoms with Gasteiger partial charge in [-0.25, -0.2) is 0 Å². The van der Waals surface area contributed by atoms with Gasteiger partial charge in [-0.15, -0.1) is 0 Å². The molecule has 34 heavy (non-hydrogen) atoms. The van der Waals surface area contributed by atoms with Gasteiger partial charge < -0.3 is 19.5 Å². The second-order valence-electron chi connectivity index (χ2n) is 7.84. The van der Waals surface area contributed by atoms with Gasteiger partial charge in [0.1, 0.15) is 5.75 Å². The molecule has 0 saturated carbocycles. The molecule has 1 saturated heterocycles. The van der Waals surface area contributed by atoms with Gasteiger partial charge >= 0.3 is 6.18 Å². The third-order valence-electron chi connectivity index (χ3n) is 5.48. The number of nitrogens with zero attached hydrogens (tertiary/aromatic N) is 4. The van der Waals surface area contributed by atoms with E-state index in [1.54, 1.807) is 30.3 Å². The average Bonchev–Trinajstić information content (AvgIpc) is 3.26. The number of amides is 1. The van der Waals surface area contributed by atoms with Crippen LogP contribution in [0.4, 0.5) is 24.5 Å². The number of hydrogen-bond acceptors (Lipinski definition) is 7. The monoisotopic (exact) mass is 475 g/mol. The van der Waals surface area contributed by atoms with E-state index in [1.807, 2.05) is 4.90 Å². The molecule has 0 aliphatic carbocycles. The first-order valence-corrected chi connectivity index (χ1v) is 10.7. The summed E-state index contributed by atoms with van der Waals surface area (Å²) in [6.07, 6.45) is -4.41. The molecule has 0 spiro atoms. The number of ether oxygens (including phenoxy) is 1. The van der Waals surface area contributed by atoms with E-state index in [0.29, 0.717) is 55.7 Å². The molecular formula is C23H24F3N5O3. The van der Waals surface area contributed by atoms with Crippen molar-refractivity contribution in [1.29, 1.82) is 0 Å². The summed E-state index contributed by atoms with van der Waals surface area (Å²) in [4.78, 5) is 20.6. The molecule has 1 aliphatic rings. The number of carbonyl (C=O) groups is 1. The van der Waals surface area contributed by atoms with Crippen LogP contribution in [0, 0.1) is 0 Å². The molecule has 11 heteroatoms. The van der Waals surface area contributed by atoms with Crippen molar-refractivity contribution in [2.75, 3.05) is 43.5 Å². The van der Waals surface area contributed by atoms with Crippen LogP contribution >= 0.6 is 0 Å². The van der Waals surface area contributed by atoms with Gasteiger partial charge in [-0.1, -0.05) is 23.4 Å². The SMILES string of the molecule is COc1ccccc1NC(=O)Cc1noc(CN2CCN(c3cccc(C(F)(F)F)c3)CC2)n1. The number of anilines is 2. The largest absolute Gasteiger partial charge is 0.495 e. The van der Waals surface area contributed by atoms with Crippen molar-refractivity contribution in [3.05, 3.63) is 65.8 Å². The van der Waals surface area contributed by atoms with Gasteiger partial charge in [-0.2, -0.15) is 18.2 Å². The number of carbonyl (C=O) groups excluding carboxylic acids is 1. The van der Waals surface area contributed by atoms with Gasteiger partial charge in [-0.05, 0) is 30.3 Å². The number of halogens is 3. The summed E-state index contributed by atoms with van der Waals surface area (Å²) in [5.41, 5.74) is 0.452. The van der Waals surface area contributed by atoms with Crippen LogP contribution in [0.1, 0.15) is 17.3 Å². The molecule has 0 bridgehead atoms. The Labute approximate surface area is 194 Å². The molecule has 0 atom stereocenters. The van der Waals surface area contributed by atoms with Crippen LogP contribution < -0.4 is 15.0 Å². The van der Waals surface area contributed by atoms with E-state index in [4.69, 9.17) is 9.26 Å². The molecule has 1 amide bonds. The standard InChI is InChI=1S/C23H24F3N5O3/c1-33-19-8-3-2-7-18(19)27-21(32)14-20-28-22(34-29-20)15-30-9-11-31(12-10-30)17-6-4-5-16(13-17)23(24,25)26/h2-8,13H,9-12,14-15H2,1H3,(H,27,32). The molecule has 8 nitrogen and oxygen atoms in total. The van der Waals surface area contributed by atoms with E-state index in [2.05, 4.69) is 20.4 Å². The number of benzene rings is 2. The Balaban J connectivity index is 1.28. The van der Waals surface area contributed by atoms with Gasteiger partial charge in [-0.3, -0.25) is 9.69 Å². The fourth-order valence-electron chi connectivity index (χ4n) is 3.75. The summed E-state index contributed by atoms with van der Waals surface area (Å²) in [5.74, 6) is 0.901. The zero-order valence-corrected chi connectivity index (χ0v) is 18.5. The van der Waals surface area contributed by atoms with E-state index in [9.17, 15) is 18.0 Å². The van der Waals surface area contributed by atoms with Crippen LogP contribution in [-0.4, -0.2) is 54.2 Å². The van der Waals surface area contributed by atoms with Crippen LogP contribution in [0.3, 0.4) is 0 Å². The van der Waals surface area contributed by atoms with E-state index >= 15 is 0 Å². The third-order valence-corrected chi connectivity index (χ3v) is 5.48. The summed E-state index contributed by atoms with van der Waals surface area (Å²) in [5, 5.41) is 6.64. The summed E-state index contributed by atoms with van der Waals surface area (Å²) in [7, 11) is 1.52.